The number of hydrogen-bond donors (Lipinski definition) is 1. The van der Waals surface area contributed by atoms with Gasteiger partial charge in [-0.1, -0.05) is 24.2 Å². The van der Waals surface area contributed by atoms with Gasteiger partial charge in [0.15, 0.2) is 0 Å². The maximum atomic E-state index is 11.6. The Balaban J connectivity index is 2.41. The number of aromatic nitrogens is 1. The summed E-state index contributed by atoms with van der Waals surface area (Å²) >= 11 is 5.53. The number of aryl methyl sites for hydroxylation is 1. The normalized spacial score (nSPS) is 10.9. The molecule has 1 aromatic rings. The zero-order valence-electron chi connectivity index (χ0n) is 9.45. The molecule has 0 aliphatic carbocycles. The minimum Gasteiger partial charge on any atom is -0.303 e. The van der Waals surface area contributed by atoms with E-state index >= 15 is 0 Å². The van der Waals surface area contributed by atoms with Gasteiger partial charge in [-0.05, 0) is 32.4 Å². The van der Waals surface area contributed by atoms with E-state index in [1.54, 1.807) is 0 Å². The van der Waals surface area contributed by atoms with E-state index in [4.69, 9.17) is 0 Å². The molecule has 15 heavy (non-hydrogen) atoms. The van der Waals surface area contributed by atoms with Gasteiger partial charge in [0.25, 0.3) is 0 Å². The molecule has 0 spiro atoms. The number of thiol groups is 1. The lowest BCUT2D eigenvalue weighted by Crippen LogP contribution is -2.14. The fourth-order valence-corrected chi connectivity index (χ4v) is 2.66. The van der Waals surface area contributed by atoms with Gasteiger partial charge in [-0.15, -0.1) is 0 Å². The van der Waals surface area contributed by atoms with Crippen molar-refractivity contribution in [3.05, 3.63) is 20.2 Å². The van der Waals surface area contributed by atoms with Crippen molar-refractivity contribution in [3.8, 4) is 0 Å². The highest BCUT2D eigenvalue weighted by Gasteiger charge is 2.06. The molecule has 0 radical (unpaired) electrons. The zero-order valence-corrected chi connectivity index (χ0v) is 11.2. The fraction of sp³-hybridized carbons (Fsp3) is 0.727. The Kier molecular flexibility index (Phi) is 5.47. The first-order valence-corrected chi connectivity index (χ1v) is 6.89. The molecule has 0 aliphatic heterocycles. The van der Waals surface area contributed by atoms with Crippen LogP contribution in [0, 0.1) is 13.8 Å². The van der Waals surface area contributed by atoms with E-state index in [0.717, 1.165) is 29.3 Å². The van der Waals surface area contributed by atoms with Crippen molar-refractivity contribution in [1.82, 2.24) is 4.57 Å². The molecular weight excluding hydrogens is 226 g/mol. The van der Waals surface area contributed by atoms with E-state index in [0.29, 0.717) is 0 Å². The molecule has 0 saturated carbocycles. The van der Waals surface area contributed by atoms with Gasteiger partial charge in [0.1, 0.15) is 0 Å². The van der Waals surface area contributed by atoms with Gasteiger partial charge in [0, 0.05) is 17.1 Å². The Hall–Kier alpha value is -0.220. The Bertz CT molecular complexity index is 354. The van der Waals surface area contributed by atoms with Crippen LogP contribution < -0.4 is 4.87 Å². The van der Waals surface area contributed by atoms with E-state index in [9.17, 15) is 4.79 Å². The van der Waals surface area contributed by atoms with Crippen LogP contribution in [0.15, 0.2) is 4.79 Å². The molecule has 86 valence electrons. The van der Waals surface area contributed by atoms with Crippen LogP contribution in [-0.2, 0) is 6.54 Å². The lowest BCUT2D eigenvalue weighted by Gasteiger charge is -2.04. The summed E-state index contributed by atoms with van der Waals surface area (Å²) in [6.07, 6.45) is 4.70. The molecular formula is C11H19NOS2. The lowest BCUT2D eigenvalue weighted by molar-refractivity contribution is 0.570. The van der Waals surface area contributed by atoms with Crippen LogP contribution >= 0.6 is 24.0 Å². The maximum absolute atomic E-state index is 11.6. The highest BCUT2D eigenvalue weighted by molar-refractivity contribution is 7.80. The van der Waals surface area contributed by atoms with Crippen LogP contribution in [0.25, 0.3) is 0 Å². The van der Waals surface area contributed by atoms with Gasteiger partial charge in [-0.3, -0.25) is 4.79 Å². The quantitative estimate of drug-likeness (QED) is 0.604. The maximum Gasteiger partial charge on any atom is 0.307 e. The van der Waals surface area contributed by atoms with Crippen molar-refractivity contribution < 1.29 is 0 Å². The van der Waals surface area contributed by atoms with E-state index < -0.39 is 0 Å². The molecule has 1 aromatic heterocycles. The first-order chi connectivity index (χ1) is 7.16. The second-order valence-corrected chi connectivity index (χ2v) is 5.41. The van der Waals surface area contributed by atoms with Crippen molar-refractivity contribution in [3.63, 3.8) is 0 Å². The minimum atomic E-state index is 0.194. The lowest BCUT2D eigenvalue weighted by atomic mass is 10.2. The number of rotatable bonds is 6. The number of nitrogens with zero attached hydrogens (tertiary/aromatic N) is 1. The van der Waals surface area contributed by atoms with Crippen LogP contribution in [-0.4, -0.2) is 10.3 Å². The summed E-state index contributed by atoms with van der Waals surface area (Å²) in [5, 5.41) is 0. The third-order valence-corrected chi connectivity index (χ3v) is 3.98. The molecule has 0 atom stereocenters. The summed E-state index contributed by atoms with van der Waals surface area (Å²) in [6.45, 7) is 4.92. The number of unbranched alkanes of at least 4 members (excludes halogenated alkanes) is 3. The van der Waals surface area contributed by atoms with Crippen LogP contribution in [0.2, 0.25) is 0 Å². The van der Waals surface area contributed by atoms with E-state index in [1.165, 1.54) is 30.6 Å². The third kappa shape index (κ3) is 3.68. The van der Waals surface area contributed by atoms with E-state index in [1.807, 2.05) is 18.4 Å². The molecule has 2 nitrogen and oxygen atoms in total. The Labute approximate surface area is 101 Å². The first-order valence-electron chi connectivity index (χ1n) is 5.44. The summed E-state index contributed by atoms with van der Waals surface area (Å²) in [6, 6.07) is 0. The fourth-order valence-electron chi connectivity index (χ4n) is 1.58. The monoisotopic (exact) mass is 245 g/mol. The highest BCUT2D eigenvalue weighted by atomic mass is 32.1. The predicted octanol–water partition coefficient (Wildman–Crippen LogP) is 3.02. The van der Waals surface area contributed by atoms with Crippen molar-refractivity contribution >= 4 is 24.0 Å². The zero-order chi connectivity index (χ0) is 11.3. The van der Waals surface area contributed by atoms with Gasteiger partial charge in [-0.25, -0.2) is 0 Å². The average Bonchev–Trinajstić information content (AvgIpc) is 2.44. The predicted molar refractivity (Wildman–Crippen MR) is 70.4 cm³/mol. The van der Waals surface area contributed by atoms with E-state index in [-0.39, 0.29) is 4.87 Å². The summed E-state index contributed by atoms with van der Waals surface area (Å²) in [5.74, 6) is 0.969. The Morgan fingerprint density at radius 1 is 1.20 bits per heavy atom. The SMILES string of the molecule is Cc1sc(=O)n(CCCCCCS)c1C. The molecule has 0 fully saturated rings. The Morgan fingerprint density at radius 2 is 1.87 bits per heavy atom. The molecule has 0 unspecified atom stereocenters. The van der Waals surface area contributed by atoms with Gasteiger partial charge in [0.05, 0.1) is 0 Å². The van der Waals surface area contributed by atoms with Gasteiger partial charge in [0.2, 0.25) is 0 Å². The minimum absolute atomic E-state index is 0.194. The molecule has 0 aromatic carbocycles. The van der Waals surface area contributed by atoms with Crippen LogP contribution in [0.3, 0.4) is 0 Å². The highest BCUT2D eigenvalue weighted by Crippen LogP contribution is 2.11. The molecule has 4 heteroatoms. The van der Waals surface area contributed by atoms with E-state index in [2.05, 4.69) is 12.6 Å². The molecule has 1 rings (SSSR count). The van der Waals surface area contributed by atoms with Crippen molar-refractivity contribution in [2.75, 3.05) is 5.75 Å². The van der Waals surface area contributed by atoms with Crippen molar-refractivity contribution in [1.29, 1.82) is 0 Å². The largest absolute Gasteiger partial charge is 0.307 e. The van der Waals surface area contributed by atoms with Gasteiger partial charge >= 0.3 is 4.87 Å². The smallest absolute Gasteiger partial charge is 0.303 e. The van der Waals surface area contributed by atoms with Crippen LogP contribution in [0.5, 0.6) is 0 Å². The van der Waals surface area contributed by atoms with Crippen LogP contribution in [0.4, 0.5) is 0 Å². The van der Waals surface area contributed by atoms with Gasteiger partial charge < -0.3 is 4.57 Å². The number of hydrogen-bond acceptors (Lipinski definition) is 3. The topological polar surface area (TPSA) is 22.0 Å². The third-order valence-electron chi connectivity index (χ3n) is 2.67. The second kappa shape index (κ2) is 6.38. The summed E-state index contributed by atoms with van der Waals surface area (Å²) < 4.78 is 1.90. The summed E-state index contributed by atoms with van der Waals surface area (Å²) in [4.78, 5) is 12.9. The standard InChI is InChI=1S/C11H19NOS2/c1-9-10(2)15-11(13)12(9)7-5-3-4-6-8-14/h14H,3-8H2,1-2H3. The van der Waals surface area contributed by atoms with Crippen LogP contribution in [0.1, 0.15) is 36.3 Å². The first kappa shape index (κ1) is 12.8. The molecule has 1 heterocycles. The molecule has 0 saturated heterocycles. The Morgan fingerprint density at radius 3 is 2.40 bits per heavy atom. The summed E-state index contributed by atoms with van der Waals surface area (Å²) in [5.41, 5.74) is 1.14. The molecule has 0 bridgehead atoms. The number of thiazole rings is 1. The molecule has 0 aliphatic rings. The van der Waals surface area contributed by atoms with Crippen molar-refractivity contribution in [2.45, 2.75) is 46.1 Å². The van der Waals surface area contributed by atoms with Gasteiger partial charge in [-0.2, -0.15) is 12.6 Å². The summed E-state index contributed by atoms with van der Waals surface area (Å²) in [7, 11) is 0. The second-order valence-electron chi connectivity index (χ2n) is 3.80. The average molecular weight is 245 g/mol. The molecule has 0 amide bonds. The van der Waals surface area contributed by atoms with Crippen molar-refractivity contribution in [2.24, 2.45) is 0 Å². The molecule has 0 N–H and O–H groups in total.